The van der Waals surface area contributed by atoms with Gasteiger partial charge < -0.3 is 22.2 Å². The van der Waals surface area contributed by atoms with Crippen molar-refractivity contribution in [1.82, 2.24) is 4.90 Å². The molecule has 0 aromatic carbocycles. The van der Waals surface area contributed by atoms with Crippen molar-refractivity contribution in [3.63, 3.8) is 0 Å². The second-order valence-electron chi connectivity index (χ2n) is 2.14. The van der Waals surface area contributed by atoms with Gasteiger partial charge in [-0.05, 0) is 12.3 Å². The number of hydrogen-bond acceptors (Lipinski definition) is 1. The maximum Gasteiger partial charge on any atom is 0.673 e. The molecule has 1 aliphatic heterocycles. The van der Waals surface area contributed by atoms with Gasteiger partial charge >= 0.3 is 7.25 Å². The number of hydrogen-bond donors (Lipinski definition) is 0. The first-order chi connectivity index (χ1) is 5.93. The van der Waals surface area contributed by atoms with Crippen molar-refractivity contribution < 1.29 is 17.3 Å². The molecule has 0 saturated carbocycles. The van der Waals surface area contributed by atoms with E-state index in [9.17, 15) is 17.3 Å². The Bertz CT molecular complexity index is 203. The van der Waals surface area contributed by atoms with Gasteiger partial charge in [-0.15, -0.1) is 0 Å². The third-order valence-electron chi connectivity index (χ3n) is 1.08. The van der Waals surface area contributed by atoms with E-state index < -0.39 is 7.25 Å². The van der Waals surface area contributed by atoms with Crippen molar-refractivity contribution >= 4 is 7.25 Å². The van der Waals surface area contributed by atoms with Gasteiger partial charge in [-0.2, -0.15) is 0 Å². The van der Waals surface area contributed by atoms with E-state index >= 15 is 0 Å². The molecule has 0 fully saturated rings. The Labute approximate surface area is 74.1 Å². The average molecular weight is 194 g/mol. The lowest BCUT2D eigenvalue weighted by Gasteiger charge is -2.13. The summed E-state index contributed by atoms with van der Waals surface area (Å²) < 4.78 is 39.0. The number of allylic oxidation sites excluding steroid dienone is 2. The third kappa shape index (κ3) is 10.8. The van der Waals surface area contributed by atoms with E-state index in [4.69, 9.17) is 0 Å². The van der Waals surface area contributed by atoms with Gasteiger partial charge in [0.05, 0.1) is 0 Å². The van der Waals surface area contributed by atoms with E-state index in [0.29, 0.717) is 0 Å². The van der Waals surface area contributed by atoms with E-state index in [1.165, 1.54) is 0 Å². The van der Waals surface area contributed by atoms with E-state index in [0.717, 1.165) is 6.54 Å². The Morgan fingerprint density at radius 1 is 1.23 bits per heavy atom. The van der Waals surface area contributed by atoms with Crippen molar-refractivity contribution in [2.45, 2.75) is 0 Å². The van der Waals surface area contributed by atoms with Crippen LogP contribution in [0.15, 0.2) is 37.2 Å². The fourth-order valence-corrected chi connectivity index (χ4v) is 0.618. The van der Waals surface area contributed by atoms with Crippen molar-refractivity contribution in [3.8, 4) is 0 Å². The van der Waals surface area contributed by atoms with Crippen LogP contribution in [0.2, 0.25) is 0 Å². The van der Waals surface area contributed by atoms with Gasteiger partial charge in [-0.1, -0.05) is 18.7 Å². The summed E-state index contributed by atoms with van der Waals surface area (Å²) in [4.78, 5) is 2.01. The Kier molecular flexibility index (Phi) is 4.95. The zero-order valence-electron chi connectivity index (χ0n) is 6.84. The second kappa shape index (κ2) is 5.45. The van der Waals surface area contributed by atoms with Crippen LogP contribution in [0.1, 0.15) is 0 Å². The zero-order chi connectivity index (χ0) is 10.3. The minimum atomic E-state index is -6.00. The predicted molar refractivity (Wildman–Crippen MR) is 45.4 cm³/mol. The Balaban J connectivity index is 0.000000252. The van der Waals surface area contributed by atoms with Crippen molar-refractivity contribution in [3.05, 3.63) is 37.2 Å². The molecule has 0 unspecified atom stereocenters. The van der Waals surface area contributed by atoms with Gasteiger partial charge in [0.25, 0.3) is 0 Å². The maximum atomic E-state index is 9.75. The molecule has 0 atom stereocenters. The van der Waals surface area contributed by atoms with Gasteiger partial charge in [-0.25, -0.2) is 0 Å². The molecule has 0 saturated heterocycles. The molecule has 74 valence electrons. The molecule has 0 radical (unpaired) electrons. The van der Waals surface area contributed by atoms with Gasteiger partial charge in [0.1, 0.15) is 0 Å². The lowest BCUT2D eigenvalue weighted by atomic mass is 10.3. The summed E-state index contributed by atoms with van der Waals surface area (Å²) in [5.41, 5.74) is 0. The van der Waals surface area contributed by atoms with Crippen LogP contribution in [-0.4, -0.2) is 18.7 Å². The van der Waals surface area contributed by atoms with Crippen molar-refractivity contribution in [2.75, 3.05) is 6.54 Å². The molecule has 1 aliphatic rings. The summed E-state index contributed by atoms with van der Waals surface area (Å²) in [6.45, 7) is 4.58. The molecule has 6 heteroatoms. The van der Waals surface area contributed by atoms with Crippen molar-refractivity contribution in [2.24, 2.45) is 0 Å². The highest BCUT2D eigenvalue weighted by molar-refractivity contribution is 6.50. The van der Waals surface area contributed by atoms with E-state index in [1.54, 1.807) is 6.20 Å². The summed E-state index contributed by atoms with van der Waals surface area (Å²) >= 11 is 0. The molecule has 0 spiro atoms. The molecule has 1 rings (SSSR count). The maximum absolute atomic E-state index is 9.75. The van der Waals surface area contributed by atoms with Crippen LogP contribution in [0.25, 0.3) is 0 Å². The summed E-state index contributed by atoms with van der Waals surface area (Å²) in [6, 6.07) is 0. The second-order valence-corrected chi connectivity index (χ2v) is 2.14. The number of halogens is 4. The Morgan fingerprint density at radius 3 is 2.00 bits per heavy atom. The topological polar surface area (TPSA) is 3.24 Å². The molecule has 0 amide bonds. The molecular weight excluding hydrogens is 185 g/mol. The van der Waals surface area contributed by atoms with Crippen LogP contribution in [0.3, 0.4) is 0 Å². The average Bonchev–Trinajstić information content (AvgIpc) is 2.03. The molecule has 0 bridgehead atoms. The van der Waals surface area contributed by atoms with E-state index in [1.807, 2.05) is 23.3 Å². The van der Waals surface area contributed by atoms with Gasteiger partial charge in [-0.3, -0.25) is 0 Å². The zero-order valence-corrected chi connectivity index (χ0v) is 6.84. The number of rotatable bonds is 1. The molecule has 13 heavy (non-hydrogen) atoms. The first-order valence-corrected chi connectivity index (χ1v) is 3.52. The van der Waals surface area contributed by atoms with E-state index in [-0.39, 0.29) is 0 Å². The third-order valence-corrected chi connectivity index (χ3v) is 1.08. The smallest absolute Gasteiger partial charge is 0.418 e. The van der Waals surface area contributed by atoms with Gasteiger partial charge in [0, 0.05) is 12.7 Å². The van der Waals surface area contributed by atoms with Gasteiger partial charge in [0.2, 0.25) is 0 Å². The predicted octanol–water partition coefficient (Wildman–Crippen LogP) is 2.82. The fourth-order valence-electron chi connectivity index (χ4n) is 0.618. The molecule has 0 aromatic heterocycles. The number of nitrogens with zero attached hydrogens (tertiary/aromatic N) is 1. The Morgan fingerprint density at radius 2 is 1.77 bits per heavy atom. The highest BCUT2D eigenvalue weighted by Crippen LogP contribution is 2.06. The summed E-state index contributed by atoms with van der Waals surface area (Å²) in [7, 11) is -6.00. The summed E-state index contributed by atoms with van der Waals surface area (Å²) in [6.07, 6.45) is 9.90. The molecule has 1 nitrogen and oxygen atoms in total. The quantitative estimate of drug-likeness (QED) is 0.458. The van der Waals surface area contributed by atoms with Crippen LogP contribution in [0, 0.1) is 0 Å². The van der Waals surface area contributed by atoms with Crippen LogP contribution < -0.4 is 0 Å². The molecule has 0 aromatic rings. The first-order valence-electron chi connectivity index (χ1n) is 3.52. The van der Waals surface area contributed by atoms with Crippen LogP contribution in [-0.2, 0) is 0 Å². The highest BCUT2D eigenvalue weighted by atomic mass is 19.5. The monoisotopic (exact) mass is 194 g/mol. The van der Waals surface area contributed by atoms with Crippen LogP contribution in [0.5, 0.6) is 0 Å². The minimum Gasteiger partial charge on any atom is -0.418 e. The molecule has 1 heterocycles. The van der Waals surface area contributed by atoms with E-state index in [2.05, 4.69) is 12.7 Å². The molecule has 0 aliphatic carbocycles. The molecule has 0 N–H and O–H groups in total. The van der Waals surface area contributed by atoms with Crippen molar-refractivity contribution in [1.29, 1.82) is 0 Å². The fraction of sp³-hybridized carbons (Fsp3) is 0.143. The lowest BCUT2D eigenvalue weighted by molar-refractivity contribution is 0.368. The minimum absolute atomic E-state index is 0.958. The largest absolute Gasteiger partial charge is 0.673 e. The first kappa shape index (κ1) is 11.8. The normalized spacial score (nSPS) is 14.9. The highest BCUT2D eigenvalue weighted by Gasteiger charge is 2.20. The van der Waals surface area contributed by atoms with Gasteiger partial charge in [0.15, 0.2) is 0 Å². The SMILES string of the molecule is C=CN1C=CC=CC1.F[B-](F)(F)F. The standard InChI is InChI=1S/C7H9N.BF4/c1-2-8-6-4-3-5-7-8;2-1(3,4)5/h2-6H,1,7H2;/q;-1. The van der Waals surface area contributed by atoms with Crippen LogP contribution >= 0.6 is 0 Å². The summed E-state index contributed by atoms with van der Waals surface area (Å²) in [5.74, 6) is 0. The van der Waals surface area contributed by atoms with Crippen LogP contribution in [0.4, 0.5) is 17.3 Å². The Hall–Kier alpha value is -1.20. The molecular formula is C7H9BF4N-. The lowest BCUT2D eigenvalue weighted by Crippen LogP contribution is -2.09. The summed E-state index contributed by atoms with van der Waals surface area (Å²) in [5, 5.41) is 0.